The maximum absolute atomic E-state index is 13.0. The molecular weight excluding hydrogens is 303 g/mol. The first-order valence-electron chi connectivity index (χ1n) is 5.98. The first-order valence-corrected chi connectivity index (χ1v) is 6.77. The average Bonchev–Trinajstić information content (AvgIpc) is 2.34. The van der Waals surface area contributed by atoms with E-state index in [0.717, 1.165) is 0 Å². The minimum Gasteiger partial charge on any atom is -0.493 e. The van der Waals surface area contributed by atoms with E-state index in [4.69, 9.17) is 14.2 Å². The van der Waals surface area contributed by atoms with Crippen LogP contribution in [-0.2, 0) is 9.47 Å². The van der Waals surface area contributed by atoms with Crippen molar-refractivity contribution in [1.29, 1.82) is 0 Å². The lowest BCUT2D eigenvalue weighted by molar-refractivity contribution is -0.142. The van der Waals surface area contributed by atoms with E-state index >= 15 is 0 Å². The average molecular weight is 321 g/mol. The van der Waals surface area contributed by atoms with Crippen LogP contribution in [0.15, 0.2) is 22.7 Å². The maximum atomic E-state index is 13.0. The fourth-order valence-electron chi connectivity index (χ4n) is 1.43. The third-order valence-electron chi connectivity index (χ3n) is 2.22. The molecule has 1 rings (SSSR count). The molecule has 0 aromatic heterocycles. The zero-order valence-corrected chi connectivity index (χ0v) is 12.2. The molecule has 0 aliphatic heterocycles. The van der Waals surface area contributed by atoms with Gasteiger partial charge in [-0.2, -0.15) is 0 Å². The second kappa shape index (κ2) is 8.45. The lowest BCUT2D eigenvalue weighted by Gasteiger charge is -2.17. The SMILES string of the molecule is CCOC(CCOc1ccc(F)c(Br)c1)OCC. The highest BCUT2D eigenvalue weighted by atomic mass is 79.9. The molecule has 18 heavy (non-hydrogen) atoms. The summed E-state index contributed by atoms with van der Waals surface area (Å²) in [7, 11) is 0. The van der Waals surface area contributed by atoms with E-state index < -0.39 is 0 Å². The Bertz CT molecular complexity index is 354. The van der Waals surface area contributed by atoms with Gasteiger partial charge in [0.05, 0.1) is 11.1 Å². The summed E-state index contributed by atoms with van der Waals surface area (Å²) in [6.45, 7) is 5.51. The van der Waals surface area contributed by atoms with Crippen LogP contribution in [0.2, 0.25) is 0 Å². The van der Waals surface area contributed by atoms with E-state index in [-0.39, 0.29) is 12.1 Å². The van der Waals surface area contributed by atoms with Crippen LogP contribution in [0.5, 0.6) is 5.75 Å². The Kier molecular flexibility index (Phi) is 7.23. The first kappa shape index (κ1) is 15.4. The minimum atomic E-state index is -0.302. The summed E-state index contributed by atoms with van der Waals surface area (Å²) in [4.78, 5) is 0. The van der Waals surface area contributed by atoms with E-state index in [2.05, 4.69) is 15.9 Å². The van der Waals surface area contributed by atoms with Crippen molar-refractivity contribution < 1.29 is 18.6 Å². The standard InChI is InChI=1S/C13H18BrFO3/c1-3-16-13(17-4-2)7-8-18-10-5-6-12(15)11(14)9-10/h5-6,9,13H,3-4,7-8H2,1-2H3. The van der Waals surface area contributed by atoms with Crippen LogP contribution in [0, 0.1) is 5.82 Å². The summed E-state index contributed by atoms with van der Waals surface area (Å²) in [5.74, 6) is 0.318. The molecule has 0 heterocycles. The predicted molar refractivity (Wildman–Crippen MR) is 71.3 cm³/mol. The van der Waals surface area contributed by atoms with Crippen molar-refractivity contribution in [2.24, 2.45) is 0 Å². The van der Waals surface area contributed by atoms with Gasteiger partial charge in [-0.25, -0.2) is 4.39 Å². The predicted octanol–water partition coefficient (Wildman–Crippen LogP) is 3.76. The highest BCUT2D eigenvalue weighted by Crippen LogP contribution is 2.21. The molecule has 0 radical (unpaired) electrons. The van der Waals surface area contributed by atoms with Crippen LogP contribution in [0.25, 0.3) is 0 Å². The van der Waals surface area contributed by atoms with Crippen LogP contribution in [-0.4, -0.2) is 26.1 Å². The fraction of sp³-hybridized carbons (Fsp3) is 0.538. The topological polar surface area (TPSA) is 27.7 Å². The highest BCUT2D eigenvalue weighted by molar-refractivity contribution is 9.10. The molecular formula is C13H18BrFO3. The molecule has 102 valence electrons. The van der Waals surface area contributed by atoms with Gasteiger partial charge in [0.2, 0.25) is 0 Å². The van der Waals surface area contributed by atoms with Gasteiger partial charge in [0, 0.05) is 19.6 Å². The van der Waals surface area contributed by atoms with Gasteiger partial charge in [-0.15, -0.1) is 0 Å². The molecule has 0 bridgehead atoms. The Hall–Kier alpha value is -0.650. The van der Waals surface area contributed by atoms with Crippen molar-refractivity contribution in [3.63, 3.8) is 0 Å². The second-order valence-electron chi connectivity index (χ2n) is 3.55. The molecule has 0 atom stereocenters. The van der Waals surface area contributed by atoms with Crippen molar-refractivity contribution in [3.05, 3.63) is 28.5 Å². The van der Waals surface area contributed by atoms with Crippen LogP contribution < -0.4 is 4.74 Å². The summed E-state index contributed by atoms with van der Waals surface area (Å²) in [5.41, 5.74) is 0. The number of halogens is 2. The van der Waals surface area contributed by atoms with Crippen molar-refractivity contribution in [2.75, 3.05) is 19.8 Å². The molecule has 0 unspecified atom stereocenters. The van der Waals surface area contributed by atoms with Crippen molar-refractivity contribution >= 4 is 15.9 Å². The van der Waals surface area contributed by atoms with Gasteiger partial charge in [0.25, 0.3) is 0 Å². The molecule has 0 saturated heterocycles. The zero-order valence-electron chi connectivity index (χ0n) is 10.6. The molecule has 0 N–H and O–H groups in total. The van der Waals surface area contributed by atoms with Crippen molar-refractivity contribution in [3.8, 4) is 5.75 Å². The normalized spacial score (nSPS) is 10.9. The summed E-state index contributed by atoms with van der Waals surface area (Å²) in [6.07, 6.45) is 0.389. The third kappa shape index (κ3) is 5.33. The molecule has 0 saturated carbocycles. The second-order valence-corrected chi connectivity index (χ2v) is 4.41. The van der Waals surface area contributed by atoms with Crippen LogP contribution >= 0.6 is 15.9 Å². The van der Waals surface area contributed by atoms with E-state index in [1.54, 1.807) is 12.1 Å². The molecule has 0 amide bonds. The van der Waals surface area contributed by atoms with E-state index in [1.165, 1.54) is 6.07 Å². The fourth-order valence-corrected chi connectivity index (χ4v) is 1.78. The Morgan fingerprint density at radius 1 is 1.22 bits per heavy atom. The summed E-state index contributed by atoms with van der Waals surface area (Å²) in [6, 6.07) is 4.56. The van der Waals surface area contributed by atoms with E-state index in [1.807, 2.05) is 13.8 Å². The van der Waals surface area contributed by atoms with Crippen LogP contribution in [0.4, 0.5) is 4.39 Å². The first-order chi connectivity index (χ1) is 8.67. The third-order valence-corrected chi connectivity index (χ3v) is 2.83. The number of rotatable bonds is 8. The molecule has 0 aliphatic carbocycles. The molecule has 0 fully saturated rings. The summed E-state index contributed by atoms with van der Waals surface area (Å²) >= 11 is 3.11. The molecule has 0 aliphatic rings. The number of hydrogen-bond donors (Lipinski definition) is 0. The smallest absolute Gasteiger partial charge is 0.160 e. The Balaban J connectivity index is 2.37. The van der Waals surface area contributed by atoms with E-state index in [9.17, 15) is 4.39 Å². The zero-order chi connectivity index (χ0) is 13.4. The number of hydrogen-bond acceptors (Lipinski definition) is 3. The Morgan fingerprint density at radius 2 is 1.89 bits per heavy atom. The molecule has 0 spiro atoms. The molecule has 1 aromatic rings. The lowest BCUT2D eigenvalue weighted by Crippen LogP contribution is -2.20. The Morgan fingerprint density at radius 3 is 2.44 bits per heavy atom. The van der Waals surface area contributed by atoms with Crippen LogP contribution in [0.3, 0.4) is 0 Å². The van der Waals surface area contributed by atoms with Gasteiger partial charge in [-0.1, -0.05) is 0 Å². The number of ether oxygens (including phenoxy) is 3. The maximum Gasteiger partial charge on any atom is 0.160 e. The van der Waals surface area contributed by atoms with Crippen molar-refractivity contribution in [1.82, 2.24) is 0 Å². The van der Waals surface area contributed by atoms with Gasteiger partial charge in [0.15, 0.2) is 6.29 Å². The Labute approximate surface area is 115 Å². The van der Waals surface area contributed by atoms with Gasteiger partial charge in [0.1, 0.15) is 11.6 Å². The lowest BCUT2D eigenvalue weighted by atomic mass is 10.3. The minimum absolute atomic E-state index is 0.246. The summed E-state index contributed by atoms with van der Waals surface area (Å²) in [5, 5.41) is 0. The van der Waals surface area contributed by atoms with Gasteiger partial charge < -0.3 is 14.2 Å². The van der Waals surface area contributed by atoms with Gasteiger partial charge in [-0.3, -0.25) is 0 Å². The molecule has 5 heteroatoms. The van der Waals surface area contributed by atoms with Crippen LogP contribution in [0.1, 0.15) is 20.3 Å². The monoisotopic (exact) mass is 320 g/mol. The summed E-state index contributed by atoms with van der Waals surface area (Å²) < 4.78 is 29.7. The largest absolute Gasteiger partial charge is 0.493 e. The molecule has 1 aromatic carbocycles. The quantitative estimate of drug-likeness (QED) is 0.683. The van der Waals surface area contributed by atoms with Gasteiger partial charge >= 0.3 is 0 Å². The van der Waals surface area contributed by atoms with Crippen molar-refractivity contribution in [2.45, 2.75) is 26.6 Å². The highest BCUT2D eigenvalue weighted by Gasteiger charge is 2.08. The van der Waals surface area contributed by atoms with Gasteiger partial charge in [-0.05, 0) is 48.0 Å². The van der Waals surface area contributed by atoms with E-state index in [0.29, 0.717) is 36.5 Å². The number of benzene rings is 1. The molecule has 3 nitrogen and oxygen atoms in total.